The van der Waals surface area contributed by atoms with Gasteiger partial charge in [-0.05, 0) is 12.1 Å². The summed E-state index contributed by atoms with van der Waals surface area (Å²) in [6, 6.07) is 1.63. The molecule has 0 radical (unpaired) electrons. The van der Waals surface area contributed by atoms with E-state index in [-0.39, 0.29) is 13.0 Å². The second-order valence-electron chi connectivity index (χ2n) is 3.34. The summed E-state index contributed by atoms with van der Waals surface area (Å²) in [6.07, 6.45) is -0.314. The first kappa shape index (κ1) is 13.9. The molecule has 2 N–H and O–H groups in total. The zero-order chi connectivity index (χ0) is 13.7. The van der Waals surface area contributed by atoms with Gasteiger partial charge in [-0.3, -0.25) is 9.59 Å². The number of methoxy groups -OCH3 is 1. The molecule has 1 rings (SSSR count). The van der Waals surface area contributed by atoms with Gasteiger partial charge in [-0.1, -0.05) is 0 Å². The predicted octanol–water partition coefficient (Wildman–Crippen LogP) is 1.18. The van der Waals surface area contributed by atoms with Gasteiger partial charge in [-0.2, -0.15) is 0 Å². The van der Waals surface area contributed by atoms with Crippen molar-refractivity contribution in [1.29, 1.82) is 0 Å². The number of hydrogen-bond donors (Lipinski definition) is 2. The Bertz CT molecular complexity index is 476. The highest BCUT2D eigenvalue weighted by Gasteiger charge is 2.21. The second kappa shape index (κ2) is 5.95. The molecular weight excluding hydrogens is 248 g/mol. The van der Waals surface area contributed by atoms with Crippen LogP contribution in [0.3, 0.4) is 0 Å². The van der Waals surface area contributed by atoms with Gasteiger partial charge in [0.15, 0.2) is 11.6 Å². The highest BCUT2D eigenvalue weighted by Crippen LogP contribution is 2.24. The van der Waals surface area contributed by atoms with Crippen molar-refractivity contribution in [1.82, 2.24) is 5.32 Å². The Morgan fingerprint density at radius 2 is 1.94 bits per heavy atom. The Morgan fingerprint density at radius 1 is 1.33 bits per heavy atom. The molecule has 1 amide bonds. The normalized spacial score (nSPS) is 9.94. The topological polar surface area (TPSA) is 75.6 Å². The number of carboxylic acid groups (broad SMARTS) is 1. The minimum atomic E-state index is -1.11. The molecule has 0 unspecified atom stereocenters. The first-order chi connectivity index (χ1) is 8.47. The molecule has 0 aromatic heterocycles. The van der Waals surface area contributed by atoms with E-state index in [9.17, 15) is 18.4 Å². The fourth-order valence-electron chi connectivity index (χ4n) is 1.32. The molecule has 0 spiro atoms. The van der Waals surface area contributed by atoms with E-state index in [4.69, 9.17) is 5.11 Å². The Balaban J connectivity index is 2.91. The number of hydrogen-bond acceptors (Lipinski definition) is 3. The lowest BCUT2D eigenvalue weighted by Gasteiger charge is -2.10. The number of benzene rings is 1. The van der Waals surface area contributed by atoms with Crippen molar-refractivity contribution in [2.45, 2.75) is 6.42 Å². The molecule has 1 aromatic rings. The number of rotatable bonds is 5. The zero-order valence-corrected chi connectivity index (χ0v) is 9.50. The summed E-state index contributed by atoms with van der Waals surface area (Å²) in [6.45, 7) is -0.187. The number of carbonyl (C=O) groups is 2. The fraction of sp³-hybridized carbons (Fsp3) is 0.273. The van der Waals surface area contributed by atoms with Gasteiger partial charge in [0.1, 0.15) is 11.4 Å². The third kappa shape index (κ3) is 3.16. The number of halogens is 2. The number of ether oxygens (including phenoxy) is 1. The van der Waals surface area contributed by atoms with Crippen LogP contribution < -0.4 is 10.1 Å². The van der Waals surface area contributed by atoms with Gasteiger partial charge in [0.2, 0.25) is 0 Å². The molecular formula is C11H11F2NO4. The SMILES string of the molecule is COc1c(F)ccc(F)c1C(=O)NCCC(=O)O. The molecule has 0 bridgehead atoms. The maximum atomic E-state index is 13.4. The van der Waals surface area contributed by atoms with E-state index in [2.05, 4.69) is 10.1 Å². The second-order valence-corrected chi connectivity index (χ2v) is 3.34. The van der Waals surface area contributed by atoms with Crippen molar-refractivity contribution >= 4 is 11.9 Å². The van der Waals surface area contributed by atoms with Crippen LogP contribution in [0.15, 0.2) is 12.1 Å². The first-order valence-corrected chi connectivity index (χ1v) is 4.99. The molecule has 0 saturated carbocycles. The van der Waals surface area contributed by atoms with Gasteiger partial charge in [0.05, 0.1) is 13.5 Å². The molecule has 0 aliphatic heterocycles. The summed E-state index contributed by atoms with van der Waals surface area (Å²) >= 11 is 0. The van der Waals surface area contributed by atoms with Crippen LogP contribution in [0.5, 0.6) is 5.75 Å². The predicted molar refractivity (Wildman–Crippen MR) is 57.5 cm³/mol. The van der Waals surface area contributed by atoms with Gasteiger partial charge in [0, 0.05) is 6.54 Å². The van der Waals surface area contributed by atoms with Gasteiger partial charge in [-0.15, -0.1) is 0 Å². The monoisotopic (exact) mass is 259 g/mol. The largest absolute Gasteiger partial charge is 0.493 e. The van der Waals surface area contributed by atoms with Crippen molar-refractivity contribution in [3.05, 3.63) is 29.3 Å². The average Bonchev–Trinajstić information content (AvgIpc) is 2.30. The Kier molecular flexibility index (Phi) is 4.59. The third-order valence-electron chi connectivity index (χ3n) is 2.11. The molecule has 7 heteroatoms. The zero-order valence-electron chi connectivity index (χ0n) is 9.50. The maximum absolute atomic E-state index is 13.4. The fourth-order valence-corrected chi connectivity index (χ4v) is 1.32. The molecule has 0 aliphatic rings. The summed E-state index contributed by atoms with van der Waals surface area (Å²) < 4.78 is 31.3. The maximum Gasteiger partial charge on any atom is 0.305 e. The summed E-state index contributed by atoms with van der Waals surface area (Å²) in [5.74, 6) is -4.36. The smallest absolute Gasteiger partial charge is 0.305 e. The summed E-state index contributed by atoms with van der Waals surface area (Å²) in [5.41, 5.74) is -0.581. The van der Waals surface area contributed by atoms with E-state index >= 15 is 0 Å². The number of carbonyl (C=O) groups excluding carboxylic acids is 1. The molecule has 1 aromatic carbocycles. The molecule has 0 aliphatic carbocycles. The van der Waals surface area contributed by atoms with Crippen LogP contribution in [0.2, 0.25) is 0 Å². The van der Waals surface area contributed by atoms with Crippen LogP contribution in [-0.2, 0) is 4.79 Å². The molecule has 0 saturated heterocycles. The van der Waals surface area contributed by atoms with Crippen molar-refractivity contribution in [3.63, 3.8) is 0 Å². The van der Waals surface area contributed by atoms with Crippen LogP contribution in [-0.4, -0.2) is 30.6 Å². The molecule has 18 heavy (non-hydrogen) atoms. The number of carboxylic acids is 1. The van der Waals surface area contributed by atoms with E-state index in [0.29, 0.717) is 0 Å². The highest BCUT2D eigenvalue weighted by molar-refractivity contribution is 5.97. The van der Waals surface area contributed by atoms with Gasteiger partial charge < -0.3 is 15.2 Å². The average molecular weight is 259 g/mol. The Hall–Kier alpha value is -2.18. The summed E-state index contributed by atoms with van der Waals surface area (Å²) in [5, 5.41) is 10.6. The van der Waals surface area contributed by atoms with E-state index in [0.717, 1.165) is 19.2 Å². The highest BCUT2D eigenvalue weighted by atomic mass is 19.1. The lowest BCUT2D eigenvalue weighted by atomic mass is 10.1. The van der Waals surface area contributed by atoms with Crippen LogP contribution in [0.25, 0.3) is 0 Å². The molecule has 0 fully saturated rings. The van der Waals surface area contributed by atoms with Crippen LogP contribution in [0, 0.1) is 11.6 Å². The van der Waals surface area contributed by atoms with Crippen LogP contribution >= 0.6 is 0 Å². The molecule has 0 heterocycles. The van der Waals surface area contributed by atoms with E-state index in [1.807, 2.05) is 0 Å². The standard InChI is InChI=1S/C11H11F2NO4/c1-18-10-7(13)3-2-6(12)9(10)11(17)14-5-4-8(15)16/h2-3H,4-5H2,1H3,(H,14,17)(H,15,16). The summed E-state index contributed by atoms with van der Waals surface area (Å²) in [7, 11) is 1.10. The van der Waals surface area contributed by atoms with Gasteiger partial charge in [-0.25, -0.2) is 8.78 Å². The number of amides is 1. The van der Waals surface area contributed by atoms with Gasteiger partial charge >= 0.3 is 5.97 Å². The Labute approximate surface area is 101 Å². The first-order valence-electron chi connectivity index (χ1n) is 4.99. The van der Waals surface area contributed by atoms with E-state index < -0.39 is 34.8 Å². The van der Waals surface area contributed by atoms with Crippen molar-refractivity contribution in [3.8, 4) is 5.75 Å². The third-order valence-corrected chi connectivity index (χ3v) is 2.11. The molecule has 98 valence electrons. The van der Waals surface area contributed by atoms with Crippen molar-refractivity contribution in [2.24, 2.45) is 0 Å². The van der Waals surface area contributed by atoms with Gasteiger partial charge in [0.25, 0.3) is 5.91 Å². The minimum absolute atomic E-state index is 0.187. The quantitative estimate of drug-likeness (QED) is 0.832. The summed E-state index contributed by atoms with van der Waals surface area (Å²) in [4.78, 5) is 21.8. The van der Waals surface area contributed by atoms with Crippen molar-refractivity contribution < 1.29 is 28.2 Å². The Morgan fingerprint density at radius 3 is 2.50 bits per heavy atom. The van der Waals surface area contributed by atoms with E-state index in [1.165, 1.54) is 0 Å². The number of aliphatic carboxylic acids is 1. The molecule has 5 nitrogen and oxygen atoms in total. The van der Waals surface area contributed by atoms with Crippen molar-refractivity contribution in [2.75, 3.05) is 13.7 Å². The van der Waals surface area contributed by atoms with Crippen LogP contribution in [0.4, 0.5) is 8.78 Å². The lowest BCUT2D eigenvalue weighted by molar-refractivity contribution is -0.136. The molecule has 0 atom stereocenters. The van der Waals surface area contributed by atoms with E-state index in [1.54, 1.807) is 0 Å². The lowest BCUT2D eigenvalue weighted by Crippen LogP contribution is -2.27. The van der Waals surface area contributed by atoms with Crippen LogP contribution in [0.1, 0.15) is 16.8 Å². The number of nitrogens with one attached hydrogen (secondary N) is 1. The minimum Gasteiger partial charge on any atom is -0.493 e.